The third-order valence-electron chi connectivity index (χ3n) is 4.92. The minimum absolute atomic E-state index is 0.0364. The number of benzene rings is 1. The molecule has 5 nitrogen and oxygen atoms in total. The highest BCUT2D eigenvalue weighted by molar-refractivity contribution is 6.31. The van der Waals surface area contributed by atoms with Gasteiger partial charge in [0.15, 0.2) is 0 Å². The van der Waals surface area contributed by atoms with E-state index in [-0.39, 0.29) is 18.1 Å². The number of rotatable bonds is 4. The fraction of sp³-hybridized carbons (Fsp3) is 0.588. The van der Waals surface area contributed by atoms with Gasteiger partial charge in [-0.1, -0.05) is 18.5 Å². The molecule has 23 heavy (non-hydrogen) atoms. The minimum atomic E-state index is -0.146. The molecule has 1 saturated heterocycles. The van der Waals surface area contributed by atoms with Gasteiger partial charge in [0.05, 0.1) is 12.8 Å². The molecule has 2 N–H and O–H groups in total. The highest BCUT2D eigenvalue weighted by atomic mass is 35.5. The molecule has 1 heterocycles. The van der Waals surface area contributed by atoms with Gasteiger partial charge in [-0.25, -0.2) is 4.79 Å². The first kappa shape index (κ1) is 17.9. The summed E-state index contributed by atoms with van der Waals surface area (Å²) in [5, 5.41) is 13.1. The van der Waals surface area contributed by atoms with Gasteiger partial charge in [0.2, 0.25) is 0 Å². The molecular formula is C17H25ClN2O3. The lowest BCUT2D eigenvalue weighted by atomic mass is 9.77. The van der Waals surface area contributed by atoms with E-state index < -0.39 is 0 Å². The predicted octanol–water partition coefficient (Wildman–Crippen LogP) is 3.67. The van der Waals surface area contributed by atoms with Crippen molar-refractivity contribution in [3.63, 3.8) is 0 Å². The van der Waals surface area contributed by atoms with Gasteiger partial charge in [-0.3, -0.25) is 0 Å². The van der Waals surface area contributed by atoms with Gasteiger partial charge >= 0.3 is 6.03 Å². The molecule has 1 aliphatic heterocycles. The van der Waals surface area contributed by atoms with Crippen LogP contribution in [0.3, 0.4) is 0 Å². The lowest BCUT2D eigenvalue weighted by molar-refractivity contribution is 0.0542. The van der Waals surface area contributed by atoms with Crippen LogP contribution in [0.4, 0.5) is 10.5 Å². The van der Waals surface area contributed by atoms with E-state index in [1.807, 2.05) is 13.0 Å². The Labute approximate surface area is 142 Å². The van der Waals surface area contributed by atoms with Crippen molar-refractivity contribution in [3.05, 3.63) is 22.7 Å². The largest absolute Gasteiger partial charge is 0.495 e. The van der Waals surface area contributed by atoms with E-state index in [1.54, 1.807) is 18.1 Å². The molecule has 6 heteroatoms. The maximum absolute atomic E-state index is 12.5. The average molecular weight is 341 g/mol. The summed E-state index contributed by atoms with van der Waals surface area (Å²) in [5.74, 6) is 0.546. The van der Waals surface area contributed by atoms with Gasteiger partial charge in [0.25, 0.3) is 0 Å². The third-order valence-corrected chi connectivity index (χ3v) is 5.33. The van der Waals surface area contributed by atoms with E-state index in [0.29, 0.717) is 29.5 Å². The van der Waals surface area contributed by atoms with Crippen molar-refractivity contribution in [2.75, 3.05) is 32.1 Å². The number of urea groups is 1. The predicted molar refractivity (Wildman–Crippen MR) is 92.4 cm³/mol. The molecule has 0 spiro atoms. The van der Waals surface area contributed by atoms with Crippen LogP contribution in [-0.2, 0) is 0 Å². The molecule has 1 aromatic rings. The van der Waals surface area contributed by atoms with Crippen LogP contribution in [0.2, 0.25) is 5.02 Å². The van der Waals surface area contributed by atoms with E-state index in [9.17, 15) is 9.90 Å². The summed E-state index contributed by atoms with van der Waals surface area (Å²) < 4.78 is 5.29. The number of ether oxygens (including phenoxy) is 1. The number of likely N-dealkylation sites (tertiary alicyclic amines) is 1. The normalized spacial score (nSPS) is 17.0. The Balaban J connectivity index is 2.05. The number of nitrogens with one attached hydrogen (secondary N) is 1. The van der Waals surface area contributed by atoms with E-state index in [0.717, 1.165) is 24.8 Å². The smallest absolute Gasteiger partial charge is 0.321 e. The number of aliphatic hydroxyl groups is 1. The number of halogens is 1. The van der Waals surface area contributed by atoms with Crippen LogP contribution in [0, 0.1) is 12.3 Å². The molecule has 1 fully saturated rings. The van der Waals surface area contributed by atoms with Crippen molar-refractivity contribution < 1.29 is 14.6 Å². The fourth-order valence-electron chi connectivity index (χ4n) is 2.93. The molecule has 2 amide bonds. The van der Waals surface area contributed by atoms with Crippen LogP contribution in [0.15, 0.2) is 12.1 Å². The number of aryl methyl sites for hydroxylation is 1. The maximum atomic E-state index is 12.5. The zero-order valence-corrected chi connectivity index (χ0v) is 14.7. The second kappa shape index (κ2) is 7.41. The first-order chi connectivity index (χ1) is 10.9. The topological polar surface area (TPSA) is 61.8 Å². The number of aliphatic hydroxyl groups excluding tert-OH is 1. The highest BCUT2D eigenvalue weighted by Gasteiger charge is 2.34. The maximum Gasteiger partial charge on any atom is 0.321 e. The summed E-state index contributed by atoms with van der Waals surface area (Å²) in [5.41, 5.74) is 1.46. The lowest BCUT2D eigenvalue weighted by Gasteiger charge is -2.40. The van der Waals surface area contributed by atoms with Gasteiger partial charge in [-0.2, -0.15) is 0 Å². The molecule has 0 bridgehead atoms. The number of amides is 2. The molecule has 0 aliphatic carbocycles. The number of carbonyl (C=O) groups is 1. The van der Waals surface area contributed by atoms with E-state index in [4.69, 9.17) is 16.3 Å². The first-order valence-corrected chi connectivity index (χ1v) is 8.33. The number of hydrogen-bond acceptors (Lipinski definition) is 3. The van der Waals surface area contributed by atoms with Gasteiger partial charge < -0.3 is 20.1 Å². The van der Waals surface area contributed by atoms with Crippen LogP contribution in [0.5, 0.6) is 5.75 Å². The van der Waals surface area contributed by atoms with Crippen molar-refractivity contribution in [1.29, 1.82) is 0 Å². The van der Waals surface area contributed by atoms with Crippen molar-refractivity contribution in [2.45, 2.75) is 33.1 Å². The zero-order valence-electron chi connectivity index (χ0n) is 14.0. The Hall–Kier alpha value is -1.46. The van der Waals surface area contributed by atoms with Crippen molar-refractivity contribution in [2.24, 2.45) is 5.41 Å². The molecule has 1 aliphatic rings. The standard InChI is InChI=1S/C17H25ClN2O3/c1-4-17(11-21)5-7-20(8-6-17)16(22)19-14-9-12(2)13(18)10-15(14)23-3/h9-10,21H,4-8,11H2,1-3H3,(H,19,22). The summed E-state index contributed by atoms with van der Waals surface area (Å²) in [6, 6.07) is 3.37. The molecule has 0 saturated carbocycles. The summed E-state index contributed by atoms with van der Waals surface area (Å²) >= 11 is 6.09. The Morgan fingerprint density at radius 1 is 1.43 bits per heavy atom. The summed E-state index contributed by atoms with van der Waals surface area (Å²) in [7, 11) is 1.55. The molecule has 0 aromatic heterocycles. The summed E-state index contributed by atoms with van der Waals surface area (Å²) in [4.78, 5) is 14.3. The molecule has 128 valence electrons. The second-order valence-corrected chi connectivity index (χ2v) is 6.64. The Kier molecular flexibility index (Phi) is 5.76. The van der Waals surface area contributed by atoms with Crippen LogP contribution in [0.25, 0.3) is 0 Å². The van der Waals surface area contributed by atoms with Gasteiger partial charge in [0.1, 0.15) is 5.75 Å². The Morgan fingerprint density at radius 2 is 2.09 bits per heavy atom. The van der Waals surface area contributed by atoms with E-state index >= 15 is 0 Å². The SMILES string of the molecule is CCC1(CO)CCN(C(=O)Nc2cc(C)c(Cl)cc2OC)CC1. The number of carbonyl (C=O) groups excluding carboxylic acids is 1. The monoisotopic (exact) mass is 340 g/mol. The van der Waals surface area contributed by atoms with Crippen LogP contribution in [-0.4, -0.2) is 42.8 Å². The fourth-order valence-corrected chi connectivity index (χ4v) is 3.09. The van der Waals surface area contributed by atoms with Gasteiger partial charge in [-0.15, -0.1) is 0 Å². The zero-order chi connectivity index (χ0) is 17.0. The molecule has 0 atom stereocenters. The van der Waals surface area contributed by atoms with Gasteiger partial charge in [-0.05, 0) is 43.2 Å². The van der Waals surface area contributed by atoms with E-state index in [2.05, 4.69) is 12.2 Å². The molecular weight excluding hydrogens is 316 g/mol. The first-order valence-electron chi connectivity index (χ1n) is 7.95. The number of methoxy groups -OCH3 is 1. The third kappa shape index (κ3) is 3.90. The number of anilines is 1. The Bertz CT molecular complexity index is 563. The molecule has 0 radical (unpaired) electrons. The minimum Gasteiger partial charge on any atom is -0.495 e. The summed E-state index contributed by atoms with van der Waals surface area (Å²) in [6.45, 7) is 5.45. The highest BCUT2D eigenvalue weighted by Crippen LogP contribution is 2.35. The average Bonchev–Trinajstić information content (AvgIpc) is 2.57. The number of piperidine rings is 1. The van der Waals surface area contributed by atoms with E-state index in [1.165, 1.54) is 0 Å². The van der Waals surface area contributed by atoms with Crippen LogP contribution >= 0.6 is 11.6 Å². The molecule has 0 unspecified atom stereocenters. The van der Waals surface area contributed by atoms with Crippen molar-refractivity contribution >= 4 is 23.3 Å². The summed E-state index contributed by atoms with van der Waals surface area (Å²) in [6.07, 6.45) is 2.58. The van der Waals surface area contributed by atoms with Crippen LogP contribution < -0.4 is 10.1 Å². The second-order valence-electron chi connectivity index (χ2n) is 6.23. The molecule has 2 rings (SSSR count). The lowest BCUT2D eigenvalue weighted by Crippen LogP contribution is -2.46. The molecule has 1 aromatic carbocycles. The van der Waals surface area contributed by atoms with Crippen molar-refractivity contribution in [1.82, 2.24) is 4.90 Å². The quantitative estimate of drug-likeness (QED) is 0.879. The number of nitrogens with zero attached hydrogens (tertiary/aromatic N) is 1. The van der Waals surface area contributed by atoms with Gasteiger partial charge in [0, 0.05) is 30.8 Å². The van der Waals surface area contributed by atoms with Crippen LogP contribution in [0.1, 0.15) is 31.7 Å². The Morgan fingerprint density at radius 3 is 2.61 bits per heavy atom. The van der Waals surface area contributed by atoms with Crippen molar-refractivity contribution in [3.8, 4) is 5.75 Å². The number of hydrogen-bond donors (Lipinski definition) is 2.